The minimum absolute atomic E-state index is 0.690. The number of furan rings is 1. The average molecular weight is 268 g/mol. The van der Waals surface area contributed by atoms with E-state index in [0.29, 0.717) is 13.1 Å². The fraction of sp³-hybridized carbons (Fsp3) is 0.200. The number of aromatic nitrogens is 2. The highest BCUT2D eigenvalue weighted by Crippen LogP contribution is 2.13. The molecule has 1 N–H and O–H groups in total. The van der Waals surface area contributed by atoms with Gasteiger partial charge in [-0.05, 0) is 34.1 Å². The molecule has 0 spiro atoms. The zero-order valence-electron chi connectivity index (χ0n) is 7.98. The molecular weight excluding hydrogens is 258 g/mol. The third-order valence-corrected chi connectivity index (χ3v) is 2.30. The molecule has 0 aliphatic carbocycles. The summed E-state index contributed by atoms with van der Waals surface area (Å²) in [5.41, 5.74) is 0.968. The third kappa shape index (κ3) is 3.14. The SMILES string of the molecule is Brc1ccc(CNCc2ccncn2)o1. The molecular formula is C10H10BrN3O. The van der Waals surface area contributed by atoms with Crippen molar-refractivity contribution in [3.8, 4) is 0 Å². The van der Waals surface area contributed by atoms with Gasteiger partial charge in [-0.1, -0.05) is 0 Å². The van der Waals surface area contributed by atoms with Crippen molar-refractivity contribution in [1.82, 2.24) is 15.3 Å². The molecule has 0 aliphatic heterocycles. The van der Waals surface area contributed by atoms with Gasteiger partial charge in [-0.15, -0.1) is 0 Å². The Morgan fingerprint density at radius 3 is 2.87 bits per heavy atom. The van der Waals surface area contributed by atoms with Gasteiger partial charge in [0.05, 0.1) is 12.2 Å². The van der Waals surface area contributed by atoms with Crippen LogP contribution in [0.3, 0.4) is 0 Å². The van der Waals surface area contributed by atoms with Gasteiger partial charge in [0.25, 0.3) is 0 Å². The number of hydrogen-bond donors (Lipinski definition) is 1. The van der Waals surface area contributed by atoms with E-state index < -0.39 is 0 Å². The molecule has 15 heavy (non-hydrogen) atoms. The van der Waals surface area contributed by atoms with E-state index in [0.717, 1.165) is 16.1 Å². The Balaban J connectivity index is 1.80. The molecule has 0 radical (unpaired) electrons. The maximum Gasteiger partial charge on any atom is 0.169 e. The number of nitrogens with one attached hydrogen (secondary N) is 1. The Labute approximate surface area is 95.9 Å². The summed E-state index contributed by atoms with van der Waals surface area (Å²) in [6.45, 7) is 1.40. The lowest BCUT2D eigenvalue weighted by atomic mass is 10.4. The number of hydrogen-bond acceptors (Lipinski definition) is 4. The maximum atomic E-state index is 5.34. The first kappa shape index (κ1) is 10.3. The Bertz CT molecular complexity index is 416. The summed E-state index contributed by atoms with van der Waals surface area (Å²) in [5.74, 6) is 0.899. The molecule has 0 unspecified atom stereocenters. The molecule has 0 fully saturated rings. The highest BCUT2D eigenvalue weighted by Gasteiger charge is 1.99. The van der Waals surface area contributed by atoms with Gasteiger partial charge in [-0.25, -0.2) is 9.97 Å². The smallest absolute Gasteiger partial charge is 0.169 e. The van der Waals surface area contributed by atoms with Crippen LogP contribution in [-0.2, 0) is 13.1 Å². The predicted molar refractivity (Wildman–Crippen MR) is 59.0 cm³/mol. The lowest BCUT2D eigenvalue weighted by Crippen LogP contribution is -2.13. The summed E-state index contributed by atoms with van der Waals surface area (Å²) < 4.78 is 6.09. The van der Waals surface area contributed by atoms with Gasteiger partial charge in [0.2, 0.25) is 0 Å². The van der Waals surface area contributed by atoms with Gasteiger partial charge in [-0.2, -0.15) is 0 Å². The normalized spacial score (nSPS) is 10.5. The molecule has 0 aliphatic rings. The third-order valence-electron chi connectivity index (χ3n) is 1.88. The number of halogens is 1. The number of nitrogens with zero attached hydrogens (tertiary/aromatic N) is 2. The summed E-state index contributed by atoms with van der Waals surface area (Å²) in [6.07, 6.45) is 3.27. The van der Waals surface area contributed by atoms with Crippen LogP contribution in [0, 0.1) is 0 Å². The summed E-state index contributed by atoms with van der Waals surface area (Å²) in [6, 6.07) is 5.68. The van der Waals surface area contributed by atoms with E-state index in [9.17, 15) is 0 Å². The monoisotopic (exact) mass is 267 g/mol. The molecule has 2 aromatic rings. The highest BCUT2D eigenvalue weighted by atomic mass is 79.9. The van der Waals surface area contributed by atoms with E-state index in [1.807, 2.05) is 18.2 Å². The van der Waals surface area contributed by atoms with Gasteiger partial charge in [-0.3, -0.25) is 0 Å². The molecule has 0 saturated carbocycles. The summed E-state index contributed by atoms with van der Waals surface area (Å²) >= 11 is 3.25. The van der Waals surface area contributed by atoms with Crippen LogP contribution < -0.4 is 5.32 Å². The quantitative estimate of drug-likeness (QED) is 0.922. The first-order chi connectivity index (χ1) is 7.34. The van der Waals surface area contributed by atoms with Crippen LogP contribution in [-0.4, -0.2) is 9.97 Å². The average Bonchev–Trinajstić information content (AvgIpc) is 2.66. The molecule has 0 saturated heterocycles. The standard InChI is InChI=1S/C10H10BrN3O/c11-10-2-1-9(15-10)6-13-5-8-3-4-12-7-14-8/h1-4,7,13H,5-6H2. The van der Waals surface area contributed by atoms with Gasteiger partial charge >= 0.3 is 0 Å². The van der Waals surface area contributed by atoms with Crippen molar-refractivity contribution in [3.63, 3.8) is 0 Å². The molecule has 0 bridgehead atoms. The van der Waals surface area contributed by atoms with Crippen molar-refractivity contribution < 1.29 is 4.42 Å². The van der Waals surface area contributed by atoms with E-state index >= 15 is 0 Å². The predicted octanol–water partition coefficient (Wildman–Crippen LogP) is 2.12. The molecule has 2 heterocycles. The van der Waals surface area contributed by atoms with Gasteiger partial charge in [0, 0.05) is 12.7 Å². The molecule has 2 rings (SSSR count). The van der Waals surface area contributed by atoms with E-state index in [4.69, 9.17) is 4.42 Å². The van der Waals surface area contributed by atoms with Gasteiger partial charge in [0.15, 0.2) is 4.67 Å². The van der Waals surface area contributed by atoms with Crippen molar-refractivity contribution in [2.75, 3.05) is 0 Å². The van der Waals surface area contributed by atoms with Crippen molar-refractivity contribution in [1.29, 1.82) is 0 Å². The van der Waals surface area contributed by atoms with E-state index in [1.54, 1.807) is 12.5 Å². The molecule has 2 aromatic heterocycles. The Morgan fingerprint density at radius 1 is 1.27 bits per heavy atom. The minimum atomic E-state index is 0.690. The first-order valence-electron chi connectivity index (χ1n) is 4.54. The zero-order valence-corrected chi connectivity index (χ0v) is 9.57. The molecule has 78 valence electrons. The van der Waals surface area contributed by atoms with E-state index in [-0.39, 0.29) is 0 Å². The zero-order chi connectivity index (χ0) is 10.5. The fourth-order valence-electron chi connectivity index (χ4n) is 1.18. The van der Waals surface area contributed by atoms with Crippen LogP contribution in [0.5, 0.6) is 0 Å². The Hall–Kier alpha value is -1.20. The highest BCUT2D eigenvalue weighted by molar-refractivity contribution is 9.10. The second kappa shape index (κ2) is 5.04. The van der Waals surface area contributed by atoms with Crippen LogP contribution in [0.1, 0.15) is 11.5 Å². The van der Waals surface area contributed by atoms with Gasteiger partial charge in [0.1, 0.15) is 12.1 Å². The first-order valence-corrected chi connectivity index (χ1v) is 5.34. The van der Waals surface area contributed by atoms with Crippen molar-refractivity contribution in [2.24, 2.45) is 0 Å². The lowest BCUT2D eigenvalue weighted by Gasteiger charge is -2.00. The number of rotatable bonds is 4. The van der Waals surface area contributed by atoms with Gasteiger partial charge < -0.3 is 9.73 Å². The summed E-state index contributed by atoms with van der Waals surface area (Å²) in [7, 11) is 0. The van der Waals surface area contributed by atoms with Crippen LogP contribution in [0.15, 0.2) is 39.8 Å². The van der Waals surface area contributed by atoms with Crippen molar-refractivity contribution in [2.45, 2.75) is 13.1 Å². The topological polar surface area (TPSA) is 51.0 Å². The largest absolute Gasteiger partial charge is 0.453 e. The molecule has 0 aromatic carbocycles. The van der Waals surface area contributed by atoms with Crippen LogP contribution in [0.4, 0.5) is 0 Å². The summed E-state index contributed by atoms with van der Waals surface area (Å²) in [4.78, 5) is 7.95. The van der Waals surface area contributed by atoms with Crippen molar-refractivity contribution >= 4 is 15.9 Å². The van der Waals surface area contributed by atoms with Crippen LogP contribution >= 0.6 is 15.9 Å². The molecule has 0 atom stereocenters. The molecule has 4 nitrogen and oxygen atoms in total. The maximum absolute atomic E-state index is 5.34. The van der Waals surface area contributed by atoms with E-state index in [1.165, 1.54) is 0 Å². The fourth-order valence-corrected chi connectivity index (χ4v) is 1.52. The van der Waals surface area contributed by atoms with Crippen molar-refractivity contribution in [3.05, 3.63) is 46.8 Å². The van der Waals surface area contributed by atoms with E-state index in [2.05, 4.69) is 31.2 Å². The minimum Gasteiger partial charge on any atom is -0.453 e. The Kier molecular flexibility index (Phi) is 3.47. The lowest BCUT2D eigenvalue weighted by molar-refractivity contribution is 0.464. The molecule has 0 amide bonds. The summed E-state index contributed by atoms with van der Waals surface area (Å²) in [5, 5.41) is 3.23. The van der Waals surface area contributed by atoms with Crippen LogP contribution in [0.25, 0.3) is 0 Å². The Morgan fingerprint density at radius 2 is 2.20 bits per heavy atom. The molecule has 5 heteroatoms. The van der Waals surface area contributed by atoms with Crippen LogP contribution in [0.2, 0.25) is 0 Å². The second-order valence-corrected chi connectivity index (χ2v) is 3.79. The second-order valence-electron chi connectivity index (χ2n) is 3.01.